The molecule has 2 aromatic carbocycles. The molecule has 3 aromatic rings. The fraction of sp³-hybridized carbons (Fsp3) is 0.217. The maximum atomic E-state index is 12.2. The highest BCUT2D eigenvalue weighted by Crippen LogP contribution is 2.28. The van der Waals surface area contributed by atoms with Gasteiger partial charge in [0.1, 0.15) is 11.5 Å². The van der Waals surface area contributed by atoms with Crippen molar-refractivity contribution in [1.82, 2.24) is 4.98 Å². The van der Waals surface area contributed by atoms with Gasteiger partial charge in [-0.1, -0.05) is 24.3 Å². The van der Waals surface area contributed by atoms with Gasteiger partial charge in [-0.05, 0) is 54.3 Å². The number of rotatable bonds is 9. The molecular formula is C23H20F3N2O3S-. The number of halogens is 3. The lowest BCUT2D eigenvalue weighted by Gasteiger charge is -2.09. The van der Waals surface area contributed by atoms with E-state index in [9.17, 15) is 18.3 Å². The molecule has 0 bridgehead atoms. The Labute approximate surface area is 187 Å². The van der Waals surface area contributed by atoms with Crippen LogP contribution in [0.15, 0.2) is 65.0 Å². The number of hydrogen-bond donors (Lipinski definition) is 0. The summed E-state index contributed by atoms with van der Waals surface area (Å²) in [5, 5.41) is 14.3. The maximum Gasteiger partial charge on any atom is 0.389 e. The van der Waals surface area contributed by atoms with Crippen LogP contribution in [0.5, 0.6) is 11.5 Å². The second-order valence-corrected chi connectivity index (χ2v) is 7.50. The van der Waals surface area contributed by atoms with Gasteiger partial charge in [0.2, 0.25) is 5.13 Å². The highest BCUT2D eigenvalue weighted by molar-refractivity contribution is 7.13. The molecule has 0 aliphatic carbocycles. The normalized spacial score (nSPS) is 12.3. The lowest BCUT2D eigenvalue weighted by Crippen LogP contribution is -2.13. The van der Waals surface area contributed by atoms with Crippen molar-refractivity contribution in [3.05, 3.63) is 65.6 Å². The fourth-order valence-corrected chi connectivity index (χ4v) is 3.38. The van der Waals surface area contributed by atoms with E-state index in [0.29, 0.717) is 22.1 Å². The molecule has 0 saturated carbocycles. The summed E-state index contributed by atoms with van der Waals surface area (Å²) < 4.78 is 47.0. The van der Waals surface area contributed by atoms with Gasteiger partial charge in [-0.2, -0.15) is 13.2 Å². The van der Waals surface area contributed by atoms with E-state index >= 15 is 0 Å². The molecule has 0 N–H and O–H groups in total. The molecule has 168 valence electrons. The number of ether oxygens (including phenoxy) is 2. The van der Waals surface area contributed by atoms with Crippen LogP contribution in [0.2, 0.25) is 0 Å². The Balaban J connectivity index is 1.59. The molecule has 0 aliphatic heterocycles. The standard InChI is InChI=1S/C23H21F3N2O3S/c1-30-18-9-7-17(8-10-18)20-15-32-22(27-20)28-21(29)11-6-16-4-2-5-19(14-16)31-13-3-12-23(24,25)26/h2,4-11,14-15H,3,12-13H2,1H3,(H,27,28,29)/p-1. The van der Waals surface area contributed by atoms with Gasteiger partial charge in [0, 0.05) is 17.4 Å². The van der Waals surface area contributed by atoms with E-state index in [-0.39, 0.29) is 13.0 Å². The number of thiazole rings is 1. The quantitative estimate of drug-likeness (QED) is 0.235. The first-order chi connectivity index (χ1) is 15.3. The molecule has 0 unspecified atom stereocenters. The number of hydrogen-bond acceptors (Lipinski definition) is 6. The average Bonchev–Trinajstić information content (AvgIpc) is 3.23. The van der Waals surface area contributed by atoms with Gasteiger partial charge in [0.15, 0.2) is 0 Å². The number of aliphatic imine (C=N–C) groups is 1. The molecule has 0 atom stereocenters. The molecule has 0 amide bonds. The predicted octanol–water partition coefficient (Wildman–Crippen LogP) is 5.64. The second-order valence-electron chi connectivity index (χ2n) is 6.67. The minimum Gasteiger partial charge on any atom is -0.859 e. The summed E-state index contributed by atoms with van der Waals surface area (Å²) in [4.78, 5) is 8.34. The number of alkyl halides is 3. The van der Waals surface area contributed by atoms with Crippen LogP contribution in [0.1, 0.15) is 18.4 Å². The molecule has 0 saturated heterocycles. The molecular weight excluding hydrogens is 441 g/mol. The van der Waals surface area contributed by atoms with Gasteiger partial charge in [-0.15, -0.1) is 11.3 Å². The second kappa shape index (κ2) is 10.8. The third kappa shape index (κ3) is 7.42. The van der Waals surface area contributed by atoms with E-state index < -0.39 is 18.5 Å². The monoisotopic (exact) mass is 461 g/mol. The van der Waals surface area contributed by atoms with Crippen LogP contribution >= 0.6 is 11.3 Å². The van der Waals surface area contributed by atoms with Crippen LogP contribution in [0.25, 0.3) is 17.3 Å². The molecule has 9 heteroatoms. The van der Waals surface area contributed by atoms with Crippen molar-refractivity contribution < 1.29 is 27.8 Å². The number of benzene rings is 2. The lowest BCUT2D eigenvalue weighted by molar-refractivity contribution is -0.211. The van der Waals surface area contributed by atoms with Gasteiger partial charge in [0.05, 0.1) is 19.4 Å². The summed E-state index contributed by atoms with van der Waals surface area (Å²) in [5.41, 5.74) is 2.27. The Morgan fingerprint density at radius 1 is 1.16 bits per heavy atom. The Kier molecular flexibility index (Phi) is 7.88. The summed E-state index contributed by atoms with van der Waals surface area (Å²) in [7, 11) is 1.59. The molecule has 1 heterocycles. The van der Waals surface area contributed by atoms with Crippen molar-refractivity contribution in [1.29, 1.82) is 0 Å². The highest BCUT2D eigenvalue weighted by Gasteiger charge is 2.26. The minimum atomic E-state index is -4.19. The lowest BCUT2D eigenvalue weighted by atomic mass is 10.2. The van der Waals surface area contributed by atoms with E-state index in [2.05, 4.69) is 9.98 Å². The molecule has 0 fully saturated rings. The van der Waals surface area contributed by atoms with Crippen LogP contribution in [-0.2, 0) is 0 Å². The van der Waals surface area contributed by atoms with Gasteiger partial charge < -0.3 is 14.6 Å². The SMILES string of the molecule is COc1ccc(-c2csc(N=C([O-])C=Cc3cccc(OCCCC(F)(F)F)c3)n2)cc1. The molecule has 3 rings (SSSR count). The zero-order valence-corrected chi connectivity index (χ0v) is 17.9. The zero-order valence-electron chi connectivity index (χ0n) is 17.1. The smallest absolute Gasteiger partial charge is 0.389 e. The van der Waals surface area contributed by atoms with Gasteiger partial charge >= 0.3 is 6.18 Å². The topological polar surface area (TPSA) is 66.8 Å². The van der Waals surface area contributed by atoms with Crippen molar-refractivity contribution in [2.45, 2.75) is 19.0 Å². The van der Waals surface area contributed by atoms with Crippen molar-refractivity contribution in [3.8, 4) is 22.8 Å². The third-order valence-corrected chi connectivity index (χ3v) is 4.97. The predicted molar refractivity (Wildman–Crippen MR) is 117 cm³/mol. The average molecular weight is 461 g/mol. The van der Waals surface area contributed by atoms with Crippen molar-refractivity contribution in [2.24, 2.45) is 4.99 Å². The Bertz CT molecular complexity index is 1080. The van der Waals surface area contributed by atoms with E-state index in [1.54, 1.807) is 37.5 Å². The molecule has 5 nitrogen and oxygen atoms in total. The molecule has 1 aromatic heterocycles. The van der Waals surface area contributed by atoms with Gasteiger partial charge in [0.25, 0.3) is 0 Å². The first-order valence-electron chi connectivity index (χ1n) is 9.66. The maximum absolute atomic E-state index is 12.2. The fourth-order valence-electron chi connectivity index (χ4n) is 2.68. The van der Waals surface area contributed by atoms with Crippen molar-refractivity contribution >= 4 is 28.4 Å². The van der Waals surface area contributed by atoms with E-state index in [0.717, 1.165) is 11.3 Å². The molecule has 0 radical (unpaired) electrons. The first kappa shape index (κ1) is 23.3. The largest absolute Gasteiger partial charge is 0.859 e. The molecule has 0 aliphatic rings. The van der Waals surface area contributed by atoms with Crippen molar-refractivity contribution in [2.75, 3.05) is 13.7 Å². The Morgan fingerprint density at radius 3 is 2.66 bits per heavy atom. The van der Waals surface area contributed by atoms with Gasteiger partial charge in [-0.25, -0.2) is 9.98 Å². The zero-order chi connectivity index (χ0) is 23.0. The summed E-state index contributed by atoms with van der Waals surface area (Å²) in [6, 6.07) is 14.1. The van der Waals surface area contributed by atoms with Crippen molar-refractivity contribution in [3.63, 3.8) is 0 Å². The third-order valence-electron chi connectivity index (χ3n) is 4.23. The minimum absolute atomic E-state index is 0.0402. The van der Waals surface area contributed by atoms with E-state index in [1.165, 1.54) is 17.4 Å². The van der Waals surface area contributed by atoms with Crippen LogP contribution < -0.4 is 14.6 Å². The summed E-state index contributed by atoms with van der Waals surface area (Å²) in [5.74, 6) is 0.699. The Hall–Kier alpha value is -3.33. The number of aromatic nitrogens is 1. The summed E-state index contributed by atoms with van der Waals surface area (Å²) >= 11 is 1.26. The van der Waals surface area contributed by atoms with E-state index in [4.69, 9.17) is 9.47 Å². The molecule has 0 spiro atoms. The number of methoxy groups -OCH3 is 1. The summed E-state index contributed by atoms with van der Waals surface area (Å²) in [6.45, 7) is -0.0402. The number of nitrogens with zero attached hydrogens (tertiary/aromatic N) is 2. The van der Waals surface area contributed by atoms with Gasteiger partial charge in [-0.3, -0.25) is 0 Å². The van der Waals surface area contributed by atoms with Crippen LogP contribution in [0, 0.1) is 0 Å². The van der Waals surface area contributed by atoms with E-state index in [1.807, 2.05) is 29.6 Å². The Morgan fingerprint density at radius 2 is 1.94 bits per heavy atom. The molecule has 32 heavy (non-hydrogen) atoms. The highest BCUT2D eigenvalue weighted by atomic mass is 32.1. The summed E-state index contributed by atoms with van der Waals surface area (Å²) in [6.07, 6.45) is -2.33. The first-order valence-corrected chi connectivity index (χ1v) is 10.5. The van der Waals surface area contributed by atoms with Crippen LogP contribution in [0.4, 0.5) is 18.3 Å². The van der Waals surface area contributed by atoms with Crippen LogP contribution in [-0.4, -0.2) is 30.8 Å². The van der Waals surface area contributed by atoms with Crippen LogP contribution in [0.3, 0.4) is 0 Å².